The standard InChI is InChI=1S/C52H49B2N5O2/c1-11-17-20-24-34(7)49-56-50(36(22-14-4)23-15-5)58-51(57-49)37-29-30-46-44(32-37)55-52(61-46)38-25-21-26-39(31-38)59-45(16-6)43(40(27-18-12-2)47(59)53-9)33-42-35(8)60-48(54-10)41(42)28-19-13-3/h11-33,53-54H,1-4,6,8H2,5,7,9-10H3/b20-17-,23-15-,27-18-,28-19-,34-24+,36-22+,42-33+. The average Bonchev–Trinajstić information content (AvgIpc) is 3.94. The minimum absolute atomic E-state index is 0.484. The molecule has 4 heterocycles. The van der Waals surface area contributed by atoms with E-state index in [0.29, 0.717) is 39.9 Å². The number of allylic oxidation sites excluding steroid dienone is 14. The van der Waals surface area contributed by atoms with Gasteiger partial charge < -0.3 is 13.4 Å². The van der Waals surface area contributed by atoms with Crippen LogP contribution < -0.4 is 21.9 Å². The van der Waals surface area contributed by atoms with E-state index in [1.54, 1.807) is 24.3 Å². The molecule has 0 atom stereocenters. The Morgan fingerprint density at radius 3 is 2.18 bits per heavy atom. The molecule has 4 aromatic heterocycles. The van der Waals surface area contributed by atoms with Crippen molar-refractivity contribution in [3.05, 3.63) is 193 Å². The fraction of sp³-hybridized carbons (Fsp3) is 0.0769. The summed E-state index contributed by atoms with van der Waals surface area (Å²) in [5.41, 5.74) is 12.0. The van der Waals surface area contributed by atoms with Crippen LogP contribution in [0.1, 0.15) is 47.9 Å². The number of fused-ring (bicyclic) bond motifs is 1. The zero-order valence-corrected chi connectivity index (χ0v) is 35.5. The summed E-state index contributed by atoms with van der Waals surface area (Å²) < 4.78 is 14.8. The number of hydrogen-bond acceptors (Lipinski definition) is 6. The molecule has 0 bridgehead atoms. The Kier molecular flexibility index (Phi) is 14.1. The normalized spacial score (nSPS) is 12.7. The molecule has 0 spiro atoms. The Bertz CT molecular complexity index is 2980. The minimum atomic E-state index is 0.484. The zero-order valence-electron chi connectivity index (χ0n) is 35.5. The molecule has 0 aliphatic heterocycles. The Labute approximate surface area is 359 Å². The van der Waals surface area contributed by atoms with E-state index in [4.69, 9.17) is 28.8 Å². The van der Waals surface area contributed by atoms with E-state index in [1.165, 1.54) is 0 Å². The average molecular weight is 798 g/mol. The van der Waals surface area contributed by atoms with Gasteiger partial charge in [0.25, 0.3) is 0 Å². The predicted octanol–water partition coefficient (Wildman–Crippen LogP) is 9.52. The van der Waals surface area contributed by atoms with Gasteiger partial charge in [0, 0.05) is 38.7 Å². The summed E-state index contributed by atoms with van der Waals surface area (Å²) in [6.07, 6.45) is 30.5. The van der Waals surface area contributed by atoms with E-state index in [9.17, 15) is 0 Å². The minimum Gasteiger partial charge on any atom is -0.472 e. The smallest absolute Gasteiger partial charge is 0.227 e. The van der Waals surface area contributed by atoms with Gasteiger partial charge in [0.2, 0.25) is 13.2 Å². The topological polar surface area (TPSA) is 82.8 Å². The lowest BCUT2D eigenvalue weighted by Gasteiger charge is -2.12. The SMILES string of the molecule is C=C/C=C\C=C(/C)c1nc(C(/C=C\C)=C/C=C)nc(-c2ccc3oc(-c4cccc(-n5c(BC)c(/C=C\C=C)c(/C=c6/c(/C=C\C=C)c(BC)oc6=C)c5C=C)c4)nc3c2)n1. The van der Waals surface area contributed by atoms with Gasteiger partial charge >= 0.3 is 0 Å². The van der Waals surface area contributed by atoms with Gasteiger partial charge in [0.15, 0.2) is 30.3 Å². The van der Waals surface area contributed by atoms with Gasteiger partial charge in [0.1, 0.15) is 10.9 Å². The number of rotatable bonds is 17. The number of oxazole rings is 1. The molecule has 0 aliphatic rings. The second kappa shape index (κ2) is 20.0. The maximum atomic E-state index is 6.42. The maximum Gasteiger partial charge on any atom is 0.227 e. The highest BCUT2D eigenvalue weighted by molar-refractivity contribution is 6.53. The highest BCUT2D eigenvalue weighted by Gasteiger charge is 2.21. The van der Waals surface area contributed by atoms with Gasteiger partial charge in [-0.3, -0.25) is 0 Å². The Morgan fingerprint density at radius 1 is 0.738 bits per heavy atom. The molecule has 0 fully saturated rings. The largest absolute Gasteiger partial charge is 0.472 e. The lowest BCUT2D eigenvalue weighted by Crippen LogP contribution is -2.24. The molecule has 300 valence electrons. The second-order valence-electron chi connectivity index (χ2n) is 13.9. The van der Waals surface area contributed by atoms with Crippen LogP contribution in [0.4, 0.5) is 0 Å². The lowest BCUT2D eigenvalue weighted by molar-refractivity contribution is 0.563. The first kappa shape index (κ1) is 43.1. The first-order valence-electron chi connectivity index (χ1n) is 20.2. The Hall–Kier alpha value is -7.51. The number of nitrogens with zero attached hydrogens (tertiary/aromatic N) is 5. The third-order valence-corrected chi connectivity index (χ3v) is 9.94. The van der Waals surface area contributed by atoms with Crippen LogP contribution in [0, 0.1) is 0 Å². The molecule has 0 N–H and O–H groups in total. The Morgan fingerprint density at radius 2 is 1.49 bits per heavy atom. The summed E-state index contributed by atoms with van der Waals surface area (Å²) in [7, 11) is 1.47. The monoisotopic (exact) mass is 797 g/mol. The number of hydrogen-bond donors (Lipinski definition) is 0. The van der Waals surface area contributed by atoms with Gasteiger partial charge in [0.05, 0.1) is 11.4 Å². The molecule has 2 aromatic carbocycles. The summed E-state index contributed by atoms with van der Waals surface area (Å²) in [4.78, 5) is 19.6. The van der Waals surface area contributed by atoms with Crippen LogP contribution in [-0.2, 0) is 0 Å². The van der Waals surface area contributed by atoms with E-state index in [1.807, 2.05) is 105 Å². The quantitative estimate of drug-likeness (QED) is 0.0676. The molecule has 0 saturated heterocycles. The van der Waals surface area contributed by atoms with Crippen LogP contribution in [0.5, 0.6) is 0 Å². The summed E-state index contributed by atoms with van der Waals surface area (Å²) in [5, 5.41) is 0.911. The molecule has 0 unspecified atom stereocenters. The molecule has 0 amide bonds. The van der Waals surface area contributed by atoms with Gasteiger partial charge in [-0.15, -0.1) is 0 Å². The van der Waals surface area contributed by atoms with Crippen molar-refractivity contribution in [2.45, 2.75) is 27.5 Å². The summed E-state index contributed by atoms with van der Waals surface area (Å²) in [6.45, 7) is 32.2. The molecule has 61 heavy (non-hydrogen) atoms. The third kappa shape index (κ3) is 9.22. The van der Waals surface area contributed by atoms with Crippen molar-refractivity contribution in [2.75, 3.05) is 0 Å². The molecule has 0 radical (unpaired) electrons. The summed E-state index contributed by atoms with van der Waals surface area (Å²) in [6, 6.07) is 14.0. The predicted molar refractivity (Wildman–Crippen MR) is 264 cm³/mol. The van der Waals surface area contributed by atoms with E-state index in [-0.39, 0.29) is 0 Å². The van der Waals surface area contributed by atoms with E-state index < -0.39 is 0 Å². The van der Waals surface area contributed by atoms with Crippen molar-refractivity contribution in [1.29, 1.82) is 0 Å². The zero-order chi connectivity index (χ0) is 43.5. The lowest BCUT2D eigenvalue weighted by atomic mass is 9.74. The van der Waals surface area contributed by atoms with Crippen LogP contribution in [0.2, 0.25) is 13.6 Å². The Balaban J connectivity index is 1.49. The molecule has 0 saturated carbocycles. The second-order valence-corrected chi connectivity index (χ2v) is 13.9. The van der Waals surface area contributed by atoms with Crippen LogP contribution >= 0.6 is 0 Å². The van der Waals surface area contributed by atoms with Crippen molar-refractivity contribution in [2.24, 2.45) is 0 Å². The molecular formula is C52H49B2N5O2. The van der Waals surface area contributed by atoms with Crippen LogP contribution in [0.3, 0.4) is 0 Å². The van der Waals surface area contributed by atoms with Crippen LogP contribution in [0.25, 0.3) is 81.7 Å². The summed E-state index contributed by atoms with van der Waals surface area (Å²) >= 11 is 0. The van der Waals surface area contributed by atoms with Gasteiger partial charge in [-0.25, -0.2) is 19.9 Å². The number of furan rings is 1. The van der Waals surface area contributed by atoms with Gasteiger partial charge in [-0.05, 0) is 79.1 Å². The van der Waals surface area contributed by atoms with Crippen molar-refractivity contribution in [3.8, 4) is 28.5 Å². The molecule has 6 aromatic rings. The summed E-state index contributed by atoms with van der Waals surface area (Å²) in [5.74, 6) is 2.08. The number of benzene rings is 2. The van der Waals surface area contributed by atoms with Gasteiger partial charge in [-0.1, -0.05) is 144 Å². The highest BCUT2D eigenvalue weighted by atomic mass is 16.3. The molecular weight excluding hydrogens is 748 g/mol. The van der Waals surface area contributed by atoms with E-state index in [2.05, 4.69) is 82.0 Å². The first-order valence-corrected chi connectivity index (χ1v) is 20.2. The fourth-order valence-electron chi connectivity index (χ4n) is 7.14. The van der Waals surface area contributed by atoms with E-state index in [0.717, 1.165) is 81.4 Å². The third-order valence-electron chi connectivity index (χ3n) is 9.94. The maximum absolute atomic E-state index is 6.42. The fourth-order valence-corrected chi connectivity index (χ4v) is 7.14. The highest BCUT2D eigenvalue weighted by Crippen LogP contribution is 2.31. The van der Waals surface area contributed by atoms with Crippen molar-refractivity contribution in [1.82, 2.24) is 24.5 Å². The van der Waals surface area contributed by atoms with Crippen LogP contribution in [-0.4, -0.2) is 39.1 Å². The first-order chi connectivity index (χ1) is 29.7. The van der Waals surface area contributed by atoms with Crippen molar-refractivity contribution >= 4 is 78.9 Å². The molecule has 7 nitrogen and oxygen atoms in total. The van der Waals surface area contributed by atoms with Crippen molar-refractivity contribution in [3.63, 3.8) is 0 Å². The number of aromatic nitrogens is 5. The van der Waals surface area contributed by atoms with Crippen LogP contribution in [0.15, 0.2) is 157 Å². The van der Waals surface area contributed by atoms with E-state index >= 15 is 0 Å². The molecule has 6 rings (SSSR count). The van der Waals surface area contributed by atoms with Gasteiger partial charge in [-0.2, -0.15) is 0 Å². The van der Waals surface area contributed by atoms with Crippen molar-refractivity contribution < 1.29 is 8.83 Å². The molecule has 0 aliphatic carbocycles. The molecule has 9 heteroatoms.